The van der Waals surface area contributed by atoms with Gasteiger partial charge < -0.3 is 9.19 Å². The van der Waals surface area contributed by atoms with E-state index in [0.29, 0.717) is 6.61 Å². The second kappa shape index (κ2) is 7.08. The lowest BCUT2D eigenvalue weighted by Crippen LogP contribution is -2.17. The van der Waals surface area contributed by atoms with Crippen LogP contribution in [0.5, 0.6) is 0 Å². The van der Waals surface area contributed by atoms with Crippen molar-refractivity contribution in [3.05, 3.63) is 11.8 Å². The van der Waals surface area contributed by atoms with Crippen molar-refractivity contribution in [1.82, 2.24) is 4.67 Å². The Morgan fingerprint density at radius 3 is 2.40 bits per heavy atom. The summed E-state index contributed by atoms with van der Waals surface area (Å²) >= 11 is 0. The van der Waals surface area contributed by atoms with Gasteiger partial charge in [0.25, 0.3) is 7.52 Å². The van der Waals surface area contributed by atoms with Crippen LogP contribution in [0.3, 0.4) is 0 Å². The molecule has 0 heterocycles. The molecule has 0 aliphatic heterocycles. The highest BCUT2D eigenvalue weighted by atomic mass is 31.2. The van der Waals surface area contributed by atoms with Gasteiger partial charge in [-0.3, -0.25) is 4.57 Å². The lowest BCUT2D eigenvalue weighted by molar-refractivity contribution is 0.297. The average Bonchev–Trinajstić information content (AvgIpc) is 2.11. The molecule has 0 spiro atoms. The van der Waals surface area contributed by atoms with E-state index in [-0.39, 0.29) is 0 Å². The molecule has 3 nitrogen and oxygen atoms in total. The summed E-state index contributed by atoms with van der Waals surface area (Å²) in [5.74, 6) is 0. The van der Waals surface area contributed by atoms with E-state index in [1.165, 1.54) is 0 Å². The molecule has 0 aliphatic carbocycles. The fourth-order valence-corrected chi connectivity index (χ4v) is 2.86. The lowest BCUT2D eigenvalue weighted by Gasteiger charge is -2.27. The zero-order chi connectivity index (χ0) is 11.9. The monoisotopic (exact) mass is 233 g/mol. The van der Waals surface area contributed by atoms with Gasteiger partial charge in [-0.2, -0.15) is 0 Å². The van der Waals surface area contributed by atoms with Crippen LogP contribution in [-0.2, 0) is 9.09 Å². The largest absolute Gasteiger partial charge is 0.314 e. The van der Waals surface area contributed by atoms with E-state index in [4.69, 9.17) is 4.52 Å². The topological polar surface area (TPSA) is 29.5 Å². The molecule has 90 valence electrons. The van der Waals surface area contributed by atoms with Crippen molar-refractivity contribution in [2.24, 2.45) is 0 Å². The summed E-state index contributed by atoms with van der Waals surface area (Å²) < 4.78 is 19.4. The Kier molecular flexibility index (Phi) is 6.95. The molecule has 0 aliphatic rings. The molecule has 0 amide bonds. The molecule has 0 bridgehead atoms. The first kappa shape index (κ1) is 14.7. The Bertz CT molecular complexity index is 247. The molecule has 0 saturated carbocycles. The summed E-state index contributed by atoms with van der Waals surface area (Å²) in [6.07, 6.45) is 4.07. The molecular formula is C11H24NO2P. The van der Waals surface area contributed by atoms with Gasteiger partial charge in [0, 0.05) is 19.4 Å². The van der Waals surface area contributed by atoms with Crippen LogP contribution < -0.4 is 0 Å². The number of nitrogens with zero attached hydrogens (tertiary/aromatic N) is 1. The van der Waals surface area contributed by atoms with E-state index in [9.17, 15) is 4.57 Å². The Morgan fingerprint density at radius 2 is 2.00 bits per heavy atom. The Morgan fingerprint density at radius 1 is 1.40 bits per heavy atom. The molecule has 0 aromatic carbocycles. The van der Waals surface area contributed by atoms with Crippen molar-refractivity contribution in [3.63, 3.8) is 0 Å². The molecule has 0 aromatic heterocycles. The number of rotatable bonds is 7. The minimum Gasteiger partial charge on any atom is -0.314 e. The normalized spacial score (nSPS) is 14.5. The maximum absolute atomic E-state index is 12.2. The lowest BCUT2D eigenvalue weighted by atomic mass is 10.3. The molecular weight excluding hydrogens is 209 g/mol. The van der Waals surface area contributed by atoms with E-state index < -0.39 is 7.52 Å². The highest BCUT2D eigenvalue weighted by Gasteiger charge is 2.22. The second-order valence-electron chi connectivity index (χ2n) is 3.94. The van der Waals surface area contributed by atoms with Gasteiger partial charge in [0.05, 0.1) is 6.61 Å². The zero-order valence-corrected chi connectivity index (χ0v) is 11.5. The first-order chi connectivity index (χ1) is 6.94. The van der Waals surface area contributed by atoms with Gasteiger partial charge in [0.1, 0.15) is 0 Å². The van der Waals surface area contributed by atoms with Crippen molar-refractivity contribution >= 4 is 7.52 Å². The maximum Gasteiger partial charge on any atom is 0.292 e. The molecule has 15 heavy (non-hydrogen) atoms. The average molecular weight is 233 g/mol. The number of allylic oxidation sites excluding steroid dienone is 1. The molecule has 0 fully saturated rings. The van der Waals surface area contributed by atoms with Gasteiger partial charge in [-0.1, -0.05) is 18.9 Å². The molecule has 0 rings (SSSR count). The van der Waals surface area contributed by atoms with Gasteiger partial charge in [-0.15, -0.1) is 0 Å². The van der Waals surface area contributed by atoms with Crippen LogP contribution in [0.4, 0.5) is 0 Å². The third kappa shape index (κ3) is 6.01. The van der Waals surface area contributed by atoms with Crippen molar-refractivity contribution in [2.45, 2.75) is 40.5 Å². The number of hydrogen-bond donors (Lipinski definition) is 0. The third-order valence-electron chi connectivity index (χ3n) is 1.98. The minimum atomic E-state index is -2.63. The maximum atomic E-state index is 12.2. The minimum absolute atomic E-state index is 0.493. The number of unbranched alkanes of at least 4 members (excludes halogenated alkanes) is 1. The van der Waals surface area contributed by atoms with E-state index >= 15 is 0 Å². The van der Waals surface area contributed by atoms with Crippen LogP contribution in [-0.4, -0.2) is 24.5 Å². The van der Waals surface area contributed by atoms with Crippen molar-refractivity contribution in [1.29, 1.82) is 0 Å². The SMILES string of the molecule is CCCCN(C=C(C)C)P(C)(=O)OCC. The van der Waals surface area contributed by atoms with Crippen molar-refractivity contribution in [3.8, 4) is 0 Å². The summed E-state index contributed by atoms with van der Waals surface area (Å²) in [5, 5.41) is 0. The van der Waals surface area contributed by atoms with Crippen LogP contribution in [0.25, 0.3) is 0 Å². The van der Waals surface area contributed by atoms with E-state index in [1.54, 1.807) is 6.66 Å². The molecule has 4 heteroatoms. The second-order valence-corrected chi connectivity index (χ2v) is 6.32. The first-order valence-corrected chi connectivity index (χ1v) is 7.60. The Balaban J connectivity index is 4.61. The highest BCUT2D eigenvalue weighted by molar-refractivity contribution is 7.55. The first-order valence-electron chi connectivity index (χ1n) is 5.58. The smallest absolute Gasteiger partial charge is 0.292 e. The summed E-state index contributed by atoms with van der Waals surface area (Å²) in [4.78, 5) is 0. The molecule has 1 atom stereocenters. The van der Waals surface area contributed by atoms with Gasteiger partial charge in [0.2, 0.25) is 0 Å². The van der Waals surface area contributed by atoms with Gasteiger partial charge >= 0.3 is 0 Å². The van der Waals surface area contributed by atoms with E-state index in [2.05, 4.69) is 6.92 Å². The summed E-state index contributed by atoms with van der Waals surface area (Å²) in [6.45, 7) is 11.0. The van der Waals surface area contributed by atoms with Gasteiger partial charge in [0.15, 0.2) is 0 Å². The van der Waals surface area contributed by atoms with Crippen LogP contribution >= 0.6 is 7.52 Å². The van der Waals surface area contributed by atoms with Crippen LogP contribution in [0.15, 0.2) is 11.8 Å². The zero-order valence-electron chi connectivity index (χ0n) is 10.6. The molecule has 0 saturated heterocycles. The Hall–Kier alpha value is -0.270. The van der Waals surface area contributed by atoms with Crippen LogP contribution in [0, 0.1) is 0 Å². The van der Waals surface area contributed by atoms with Gasteiger partial charge in [-0.05, 0) is 27.2 Å². The van der Waals surface area contributed by atoms with Crippen molar-refractivity contribution < 1.29 is 9.09 Å². The van der Waals surface area contributed by atoms with E-state index in [1.807, 2.05) is 31.6 Å². The molecule has 0 aromatic rings. The standard InChI is InChI=1S/C11H24NO2P/c1-6-8-9-12(10-11(3)4)15(5,13)14-7-2/h10H,6-9H2,1-5H3. The van der Waals surface area contributed by atoms with Crippen LogP contribution in [0.1, 0.15) is 40.5 Å². The third-order valence-corrected chi connectivity index (χ3v) is 3.97. The molecule has 0 radical (unpaired) electrons. The number of hydrogen-bond acceptors (Lipinski definition) is 2. The molecule has 0 N–H and O–H groups in total. The fraction of sp³-hybridized carbons (Fsp3) is 0.818. The summed E-state index contributed by atoms with van der Waals surface area (Å²) in [6, 6.07) is 0. The molecule has 1 unspecified atom stereocenters. The predicted molar refractivity (Wildman–Crippen MR) is 66.2 cm³/mol. The fourth-order valence-electron chi connectivity index (χ4n) is 1.28. The van der Waals surface area contributed by atoms with Gasteiger partial charge in [-0.25, -0.2) is 0 Å². The summed E-state index contributed by atoms with van der Waals surface area (Å²) in [7, 11) is -2.63. The quantitative estimate of drug-likeness (QED) is 0.625. The van der Waals surface area contributed by atoms with Crippen LogP contribution in [0.2, 0.25) is 0 Å². The Labute approximate surface area is 94.0 Å². The van der Waals surface area contributed by atoms with Crippen molar-refractivity contribution in [2.75, 3.05) is 19.8 Å². The summed E-state index contributed by atoms with van der Waals surface area (Å²) in [5.41, 5.74) is 1.15. The van der Waals surface area contributed by atoms with E-state index in [0.717, 1.165) is 25.0 Å². The highest BCUT2D eigenvalue weighted by Crippen LogP contribution is 2.47. The predicted octanol–water partition coefficient (Wildman–Crippen LogP) is 3.87.